The lowest BCUT2D eigenvalue weighted by atomic mass is 9.87. The van der Waals surface area contributed by atoms with Crippen molar-refractivity contribution in [1.82, 2.24) is 5.32 Å². The summed E-state index contributed by atoms with van der Waals surface area (Å²) < 4.78 is 0. The molecule has 52 heavy (non-hydrogen) atoms. The first-order chi connectivity index (χ1) is 24.8. The van der Waals surface area contributed by atoms with Gasteiger partial charge in [-0.1, -0.05) is 158 Å². The first-order valence-corrected chi connectivity index (χ1v) is 20.4. The lowest BCUT2D eigenvalue weighted by Gasteiger charge is -2.17. The molecule has 292 valence electrons. The smallest absolute Gasteiger partial charge is 0.132 e. The summed E-state index contributed by atoms with van der Waals surface area (Å²) in [5.41, 5.74) is 10.0. The molecule has 2 heteroatoms. The van der Waals surface area contributed by atoms with E-state index in [0.717, 1.165) is 36.6 Å². The zero-order chi connectivity index (χ0) is 39.7. The van der Waals surface area contributed by atoms with Crippen molar-refractivity contribution in [3.05, 3.63) is 120 Å². The maximum Gasteiger partial charge on any atom is 0.132 e. The minimum Gasteiger partial charge on any atom is -0.385 e. The maximum absolute atomic E-state index is 10.8. The van der Waals surface area contributed by atoms with E-state index >= 15 is 0 Å². The minimum atomic E-state index is 0.398. The summed E-state index contributed by atoms with van der Waals surface area (Å²) >= 11 is 0. The van der Waals surface area contributed by atoms with Gasteiger partial charge < -0.3 is 5.32 Å². The molecule has 2 saturated carbocycles. The minimum absolute atomic E-state index is 0.398. The van der Waals surface area contributed by atoms with Gasteiger partial charge in [0.2, 0.25) is 0 Å². The van der Waals surface area contributed by atoms with Crippen LogP contribution in [0.15, 0.2) is 92.6 Å². The van der Waals surface area contributed by atoms with Crippen LogP contribution in [0.3, 0.4) is 0 Å². The van der Waals surface area contributed by atoms with Crippen molar-refractivity contribution in [1.29, 1.82) is 0 Å². The first kappa shape index (κ1) is 50.7. The summed E-state index contributed by atoms with van der Waals surface area (Å²) in [6, 6.07) is 14.8. The number of rotatable bonds is 13. The zero-order valence-electron chi connectivity index (χ0n) is 35.8. The summed E-state index contributed by atoms with van der Waals surface area (Å²) in [6.07, 6.45) is 24.0. The van der Waals surface area contributed by atoms with Gasteiger partial charge in [0.15, 0.2) is 0 Å². The Hall–Kier alpha value is -3.39. The molecule has 2 nitrogen and oxygen atoms in total. The fourth-order valence-corrected chi connectivity index (χ4v) is 5.44. The fourth-order valence-electron chi connectivity index (χ4n) is 5.44. The van der Waals surface area contributed by atoms with Crippen molar-refractivity contribution in [3.63, 3.8) is 0 Å². The molecule has 2 fully saturated rings. The molecule has 0 spiro atoms. The lowest BCUT2D eigenvalue weighted by molar-refractivity contribution is -0.121. The molecule has 0 atom stereocenters. The summed E-state index contributed by atoms with van der Waals surface area (Å²) in [6.45, 7) is 36.9. The molecule has 0 amide bonds. The largest absolute Gasteiger partial charge is 0.385 e. The van der Waals surface area contributed by atoms with Gasteiger partial charge in [-0.05, 0) is 126 Å². The van der Waals surface area contributed by atoms with Gasteiger partial charge in [-0.3, -0.25) is 4.79 Å². The fraction of sp³-hybridized carbons (Fsp3) is 0.540. The van der Waals surface area contributed by atoms with Crippen LogP contribution in [-0.4, -0.2) is 12.3 Å². The molecular formula is C50H81NO. The monoisotopic (exact) mass is 712 g/mol. The van der Waals surface area contributed by atoms with E-state index in [1.807, 2.05) is 19.1 Å². The Morgan fingerprint density at radius 2 is 1.25 bits per heavy atom. The number of Topliss-reactive ketones (excluding diaryl/α,β-unsaturated/α-hetero) is 1. The molecule has 2 aliphatic carbocycles. The third-order valence-electron chi connectivity index (χ3n) is 9.33. The van der Waals surface area contributed by atoms with Crippen LogP contribution in [0, 0.1) is 32.6 Å². The lowest BCUT2D eigenvalue weighted by Crippen LogP contribution is -2.13. The second-order valence-corrected chi connectivity index (χ2v) is 14.5. The Morgan fingerprint density at radius 1 is 0.731 bits per heavy atom. The topological polar surface area (TPSA) is 29.1 Å². The molecule has 0 aromatic heterocycles. The van der Waals surface area contributed by atoms with Crippen molar-refractivity contribution in [2.75, 3.05) is 6.54 Å². The molecule has 0 aliphatic heterocycles. The quantitative estimate of drug-likeness (QED) is 0.127. The second kappa shape index (κ2) is 33.4. The van der Waals surface area contributed by atoms with E-state index in [4.69, 9.17) is 0 Å². The third kappa shape index (κ3) is 27.3. The highest BCUT2D eigenvalue weighted by Crippen LogP contribution is 2.34. The predicted octanol–water partition coefficient (Wildman–Crippen LogP) is 15.5. The first-order valence-electron chi connectivity index (χ1n) is 20.4. The van der Waals surface area contributed by atoms with Gasteiger partial charge in [-0.25, -0.2) is 0 Å². The molecule has 2 aliphatic rings. The SMILES string of the molecule is C=C(C)C1CC1.C=C/C=C(\C)c1cc(C(=C)NCCCC)ccc1C.C=CC.CC(=O)C1CCCCC1.CCCCCCC.Cc1ccccc1C. The van der Waals surface area contributed by atoms with Crippen LogP contribution in [0.25, 0.3) is 11.3 Å². The van der Waals surface area contributed by atoms with E-state index < -0.39 is 0 Å². The van der Waals surface area contributed by atoms with Crippen molar-refractivity contribution in [2.45, 2.75) is 159 Å². The molecule has 4 rings (SSSR count). The Labute approximate surface area is 324 Å². The molecule has 0 bridgehead atoms. The van der Waals surface area contributed by atoms with E-state index in [0.29, 0.717) is 11.7 Å². The van der Waals surface area contributed by atoms with E-state index in [2.05, 4.69) is 129 Å². The van der Waals surface area contributed by atoms with Crippen LogP contribution in [0.2, 0.25) is 0 Å². The van der Waals surface area contributed by atoms with E-state index in [1.165, 1.54) is 110 Å². The predicted molar refractivity (Wildman–Crippen MR) is 238 cm³/mol. The van der Waals surface area contributed by atoms with Gasteiger partial charge in [0.05, 0.1) is 0 Å². The van der Waals surface area contributed by atoms with Gasteiger partial charge >= 0.3 is 0 Å². The number of ketones is 1. The normalized spacial score (nSPS) is 13.2. The average molecular weight is 712 g/mol. The van der Waals surface area contributed by atoms with Crippen molar-refractivity contribution < 1.29 is 4.79 Å². The maximum atomic E-state index is 10.8. The highest BCUT2D eigenvalue weighted by molar-refractivity contribution is 5.78. The van der Waals surface area contributed by atoms with Crippen molar-refractivity contribution >= 4 is 17.1 Å². The standard InChI is InChI=1S/C18H25N.C8H14O.C8H10.C7H16.C6H10.C3H6/c1-6-8-12-19-16(5)17-11-10-15(4)18(13-17)14(3)9-7-2;1-7(9)8-5-3-2-4-6-8;1-7-5-3-4-6-8(7)2;1-3-5-7-6-4-2;1-5(2)6-3-4-6;1-3-2/h7,9-11,13,19H,2,5-6,8,12H2,1,3-4H3;8H,2-6H2,1H3;3-6H,1-2H3;3-7H2,1-2H3;6H,1,3-4H2,2H3;3H,1H2,2H3/b14-9+;;;;;. The number of unbranched alkanes of at least 4 members (excludes halogenated alkanes) is 5. The molecule has 0 unspecified atom stereocenters. The highest BCUT2D eigenvalue weighted by Gasteiger charge is 2.20. The molecule has 0 saturated heterocycles. The summed E-state index contributed by atoms with van der Waals surface area (Å²) in [5.74, 6) is 1.72. The molecule has 2 aromatic carbocycles. The summed E-state index contributed by atoms with van der Waals surface area (Å²) in [7, 11) is 0. The summed E-state index contributed by atoms with van der Waals surface area (Å²) in [5, 5.41) is 3.38. The Bertz CT molecular complexity index is 1260. The van der Waals surface area contributed by atoms with Crippen LogP contribution in [0.1, 0.15) is 166 Å². The highest BCUT2D eigenvalue weighted by atomic mass is 16.1. The third-order valence-corrected chi connectivity index (χ3v) is 9.33. The van der Waals surface area contributed by atoms with Crippen LogP contribution in [-0.2, 0) is 4.79 Å². The Morgan fingerprint density at radius 3 is 1.62 bits per heavy atom. The number of nitrogens with one attached hydrogen (secondary N) is 1. The van der Waals surface area contributed by atoms with Crippen LogP contribution < -0.4 is 5.32 Å². The van der Waals surface area contributed by atoms with Crippen molar-refractivity contribution in [3.8, 4) is 0 Å². The van der Waals surface area contributed by atoms with Gasteiger partial charge in [-0.15, -0.1) is 6.58 Å². The number of allylic oxidation sites excluding steroid dienone is 5. The number of hydrogen-bond acceptors (Lipinski definition) is 2. The van der Waals surface area contributed by atoms with Gasteiger partial charge in [-0.2, -0.15) is 0 Å². The molecular weight excluding hydrogens is 631 g/mol. The van der Waals surface area contributed by atoms with Crippen LogP contribution in [0.5, 0.6) is 0 Å². The number of carbonyl (C=O) groups is 1. The van der Waals surface area contributed by atoms with Gasteiger partial charge in [0, 0.05) is 18.2 Å². The van der Waals surface area contributed by atoms with Crippen LogP contribution >= 0.6 is 0 Å². The van der Waals surface area contributed by atoms with Crippen molar-refractivity contribution in [2.24, 2.45) is 11.8 Å². The number of aryl methyl sites for hydroxylation is 3. The zero-order valence-corrected chi connectivity index (χ0v) is 35.8. The molecule has 0 heterocycles. The van der Waals surface area contributed by atoms with E-state index in [9.17, 15) is 4.79 Å². The molecule has 2 aromatic rings. The molecule has 0 radical (unpaired) electrons. The average Bonchev–Trinajstić information content (AvgIpc) is 3.99. The van der Waals surface area contributed by atoms with Gasteiger partial charge in [0.25, 0.3) is 0 Å². The number of carbonyl (C=O) groups excluding carboxylic acids is 1. The Kier molecular flexibility index (Phi) is 32.6. The van der Waals surface area contributed by atoms with E-state index in [1.54, 1.807) is 13.0 Å². The second-order valence-electron chi connectivity index (χ2n) is 14.5. The number of hydrogen-bond donors (Lipinski definition) is 1. The van der Waals surface area contributed by atoms with Gasteiger partial charge in [0.1, 0.15) is 5.78 Å². The Balaban J connectivity index is 0. The molecule has 1 N–H and O–H groups in total. The van der Waals surface area contributed by atoms with Crippen LogP contribution in [0.4, 0.5) is 0 Å². The summed E-state index contributed by atoms with van der Waals surface area (Å²) in [4.78, 5) is 10.8. The van der Waals surface area contributed by atoms with E-state index in [-0.39, 0.29) is 0 Å². The number of benzene rings is 2.